The van der Waals surface area contributed by atoms with Crippen molar-refractivity contribution in [2.45, 2.75) is 13.5 Å². The van der Waals surface area contributed by atoms with Crippen LogP contribution in [0.1, 0.15) is 6.92 Å². The topological polar surface area (TPSA) is 81.5 Å². The number of hydrogen-bond acceptors (Lipinski definition) is 5. The molecule has 1 N–H and O–H groups in total. The Morgan fingerprint density at radius 3 is 3.11 bits per heavy atom. The summed E-state index contributed by atoms with van der Waals surface area (Å²) in [6, 6.07) is 0. The molecule has 0 bridgehead atoms. The lowest BCUT2D eigenvalue weighted by atomic mass is 10.5. The molecule has 0 aliphatic carbocycles. The molecule has 0 spiro atoms. The van der Waals surface area contributed by atoms with Gasteiger partial charge in [-0.25, -0.2) is 4.98 Å². The molecule has 0 saturated heterocycles. The molecule has 8 heteroatoms. The molecule has 3 rings (SSSR count). The van der Waals surface area contributed by atoms with Crippen LogP contribution in [-0.2, 0) is 6.54 Å². The molecule has 0 amide bonds. The highest BCUT2D eigenvalue weighted by molar-refractivity contribution is 6.28. The summed E-state index contributed by atoms with van der Waals surface area (Å²) < 4.78 is 7.38. The Balaban J connectivity index is 2.00. The van der Waals surface area contributed by atoms with Gasteiger partial charge in [0.05, 0.1) is 18.7 Å². The molecule has 3 aromatic rings. The van der Waals surface area contributed by atoms with E-state index in [1.807, 2.05) is 6.92 Å². The van der Waals surface area contributed by atoms with Crippen LogP contribution in [0, 0.1) is 0 Å². The van der Waals surface area contributed by atoms with Crippen molar-refractivity contribution in [3.05, 3.63) is 24.0 Å². The molecule has 92 valence electrons. The van der Waals surface area contributed by atoms with Gasteiger partial charge in [-0.3, -0.25) is 4.68 Å². The Bertz CT molecular complexity index is 691. The smallest absolute Gasteiger partial charge is 0.250 e. The number of halogens is 1. The SMILES string of the molecule is CCn1cc(Oc2nc(Cl)nc3nc[nH]c23)cn1. The van der Waals surface area contributed by atoms with E-state index in [-0.39, 0.29) is 5.28 Å². The average molecular weight is 265 g/mol. The van der Waals surface area contributed by atoms with Crippen molar-refractivity contribution in [1.29, 1.82) is 0 Å². The number of nitrogens with zero attached hydrogens (tertiary/aromatic N) is 5. The predicted molar refractivity (Wildman–Crippen MR) is 64.7 cm³/mol. The first-order chi connectivity index (χ1) is 8.76. The van der Waals surface area contributed by atoms with E-state index >= 15 is 0 Å². The van der Waals surface area contributed by atoms with Gasteiger partial charge in [0.15, 0.2) is 11.4 Å². The minimum atomic E-state index is 0.0903. The van der Waals surface area contributed by atoms with Gasteiger partial charge in [0.1, 0.15) is 5.52 Å². The first kappa shape index (κ1) is 11.0. The van der Waals surface area contributed by atoms with Crippen LogP contribution in [0.2, 0.25) is 5.28 Å². The summed E-state index contributed by atoms with van der Waals surface area (Å²) in [4.78, 5) is 14.9. The zero-order chi connectivity index (χ0) is 12.5. The molecule has 7 nitrogen and oxygen atoms in total. The third-order valence-corrected chi connectivity index (χ3v) is 2.54. The maximum atomic E-state index is 5.80. The lowest BCUT2D eigenvalue weighted by molar-refractivity contribution is 0.466. The number of imidazole rings is 1. The van der Waals surface area contributed by atoms with Crippen molar-refractivity contribution in [1.82, 2.24) is 29.7 Å². The van der Waals surface area contributed by atoms with Crippen LogP contribution in [0.15, 0.2) is 18.7 Å². The van der Waals surface area contributed by atoms with Crippen molar-refractivity contribution in [2.24, 2.45) is 0 Å². The van der Waals surface area contributed by atoms with Gasteiger partial charge in [-0.15, -0.1) is 0 Å². The maximum Gasteiger partial charge on any atom is 0.250 e. The lowest BCUT2D eigenvalue weighted by Crippen LogP contribution is -1.93. The van der Waals surface area contributed by atoms with Gasteiger partial charge in [-0.2, -0.15) is 15.1 Å². The zero-order valence-electron chi connectivity index (χ0n) is 9.46. The van der Waals surface area contributed by atoms with E-state index in [1.54, 1.807) is 17.1 Å². The molecule has 18 heavy (non-hydrogen) atoms. The number of H-pyrrole nitrogens is 1. The van der Waals surface area contributed by atoms with Crippen LogP contribution in [0.3, 0.4) is 0 Å². The Morgan fingerprint density at radius 1 is 1.44 bits per heavy atom. The van der Waals surface area contributed by atoms with Crippen LogP contribution in [0.5, 0.6) is 11.6 Å². The molecule has 3 heterocycles. The van der Waals surface area contributed by atoms with Crippen LogP contribution >= 0.6 is 11.6 Å². The summed E-state index contributed by atoms with van der Waals surface area (Å²) in [5, 5.41) is 4.20. The normalized spacial score (nSPS) is 11.0. The van der Waals surface area contributed by atoms with Gasteiger partial charge in [0, 0.05) is 6.54 Å². The number of ether oxygens (including phenoxy) is 1. The van der Waals surface area contributed by atoms with Gasteiger partial charge in [-0.1, -0.05) is 0 Å². The van der Waals surface area contributed by atoms with Crippen molar-refractivity contribution in [3.8, 4) is 11.6 Å². The van der Waals surface area contributed by atoms with E-state index in [0.717, 1.165) is 6.54 Å². The second-order valence-corrected chi connectivity index (χ2v) is 3.87. The van der Waals surface area contributed by atoms with Crippen molar-refractivity contribution < 1.29 is 4.74 Å². The molecule has 0 saturated carbocycles. The Kier molecular flexibility index (Phi) is 2.60. The van der Waals surface area contributed by atoms with Gasteiger partial charge >= 0.3 is 0 Å². The predicted octanol–water partition coefficient (Wildman–Crippen LogP) is 2.01. The van der Waals surface area contributed by atoms with Gasteiger partial charge in [0.2, 0.25) is 11.2 Å². The summed E-state index contributed by atoms with van der Waals surface area (Å²) in [5.41, 5.74) is 1.07. The highest BCUT2D eigenvalue weighted by Gasteiger charge is 2.11. The number of hydrogen-bond donors (Lipinski definition) is 1. The summed E-state index contributed by atoms with van der Waals surface area (Å²) in [6.45, 7) is 2.76. The Labute approximate surface area is 107 Å². The van der Waals surface area contributed by atoms with E-state index in [0.29, 0.717) is 22.8 Å². The van der Waals surface area contributed by atoms with E-state index in [4.69, 9.17) is 16.3 Å². The number of aromatic amines is 1. The number of rotatable bonds is 3. The summed E-state index contributed by atoms with van der Waals surface area (Å²) >= 11 is 5.80. The molecule has 0 aliphatic rings. The number of aryl methyl sites for hydroxylation is 1. The highest BCUT2D eigenvalue weighted by atomic mass is 35.5. The number of fused-ring (bicyclic) bond motifs is 1. The minimum Gasteiger partial charge on any atom is -0.434 e. The van der Waals surface area contributed by atoms with E-state index in [9.17, 15) is 0 Å². The largest absolute Gasteiger partial charge is 0.434 e. The first-order valence-electron chi connectivity index (χ1n) is 5.33. The first-order valence-corrected chi connectivity index (χ1v) is 5.71. The van der Waals surface area contributed by atoms with Gasteiger partial charge in [0.25, 0.3) is 0 Å². The van der Waals surface area contributed by atoms with Crippen LogP contribution < -0.4 is 4.74 Å². The second kappa shape index (κ2) is 4.26. The molecule has 0 fully saturated rings. The third kappa shape index (κ3) is 1.88. The van der Waals surface area contributed by atoms with Crippen molar-refractivity contribution >= 4 is 22.8 Å². The molecular formula is C10H9ClN6O. The molecule has 3 aromatic heterocycles. The van der Waals surface area contributed by atoms with E-state index in [2.05, 4.69) is 25.0 Å². The fraction of sp³-hybridized carbons (Fsp3) is 0.200. The van der Waals surface area contributed by atoms with Crippen LogP contribution in [0.4, 0.5) is 0 Å². The molecule has 0 aromatic carbocycles. The highest BCUT2D eigenvalue weighted by Crippen LogP contribution is 2.25. The molecule has 0 aliphatic heterocycles. The molecule has 0 unspecified atom stereocenters. The average Bonchev–Trinajstić information content (AvgIpc) is 2.97. The fourth-order valence-corrected chi connectivity index (χ4v) is 1.69. The van der Waals surface area contributed by atoms with E-state index in [1.165, 1.54) is 6.33 Å². The standard InChI is InChI=1S/C10H9ClN6O/c1-2-17-4-6(3-14-17)18-9-7-8(13-5-12-7)15-10(11)16-9/h3-5H,2H2,1H3,(H,12,13,15,16). The summed E-state index contributed by atoms with van der Waals surface area (Å²) in [7, 11) is 0. The molecule has 0 radical (unpaired) electrons. The third-order valence-electron chi connectivity index (χ3n) is 2.37. The minimum absolute atomic E-state index is 0.0903. The monoisotopic (exact) mass is 264 g/mol. The zero-order valence-corrected chi connectivity index (χ0v) is 10.2. The Morgan fingerprint density at radius 2 is 2.33 bits per heavy atom. The van der Waals surface area contributed by atoms with Crippen molar-refractivity contribution in [2.75, 3.05) is 0 Å². The fourth-order valence-electron chi connectivity index (χ4n) is 1.54. The Hall–Kier alpha value is -2.15. The molecular weight excluding hydrogens is 256 g/mol. The van der Waals surface area contributed by atoms with E-state index < -0.39 is 0 Å². The number of aromatic nitrogens is 6. The lowest BCUT2D eigenvalue weighted by Gasteiger charge is -2.02. The summed E-state index contributed by atoms with van der Waals surface area (Å²) in [5.74, 6) is 0.917. The second-order valence-electron chi connectivity index (χ2n) is 3.53. The van der Waals surface area contributed by atoms with Gasteiger partial charge < -0.3 is 9.72 Å². The maximum absolute atomic E-state index is 5.80. The summed E-state index contributed by atoms with van der Waals surface area (Å²) in [6.07, 6.45) is 4.90. The van der Waals surface area contributed by atoms with Crippen LogP contribution in [0.25, 0.3) is 11.2 Å². The number of nitrogens with one attached hydrogen (secondary N) is 1. The quantitative estimate of drug-likeness (QED) is 0.732. The van der Waals surface area contributed by atoms with Gasteiger partial charge in [-0.05, 0) is 18.5 Å². The van der Waals surface area contributed by atoms with Crippen molar-refractivity contribution in [3.63, 3.8) is 0 Å². The van der Waals surface area contributed by atoms with Crippen LogP contribution in [-0.4, -0.2) is 29.7 Å². The molecule has 0 atom stereocenters.